The molecule has 23 heavy (non-hydrogen) atoms. The summed E-state index contributed by atoms with van der Waals surface area (Å²) in [5.74, 6) is 0.852. The summed E-state index contributed by atoms with van der Waals surface area (Å²) in [5, 5.41) is 0. The zero-order valence-corrected chi connectivity index (χ0v) is 14.7. The predicted molar refractivity (Wildman–Crippen MR) is 103 cm³/mol. The fourth-order valence-corrected chi connectivity index (χ4v) is 2.85. The monoisotopic (exact) mass is 304 g/mol. The Morgan fingerprint density at radius 2 is 1.39 bits per heavy atom. The van der Waals surface area contributed by atoms with Crippen molar-refractivity contribution in [2.45, 2.75) is 40.0 Å². The minimum atomic E-state index is 0.852. The number of allylic oxidation sites excluding steroid dienone is 3. The number of rotatable bonds is 2. The minimum absolute atomic E-state index is 0.852. The molecule has 0 spiro atoms. The summed E-state index contributed by atoms with van der Waals surface area (Å²) in [7, 11) is 0. The van der Waals surface area contributed by atoms with Crippen molar-refractivity contribution in [3.63, 3.8) is 0 Å². The molecule has 0 saturated carbocycles. The molecule has 2 aromatic rings. The lowest BCUT2D eigenvalue weighted by atomic mass is 9.87. The lowest BCUT2D eigenvalue weighted by Gasteiger charge is -2.18. The predicted octanol–water partition coefficient (Wildman–Crippen LogP) is 7.06. The van der Waals surface area contributed by atoms with Crippen LogP contribution >= 0.6 is 0 Å². The molecule has 0 radical (unpaired) electrons. The first kappa shape index (κ1) is 17.3. The summed E-state index contributed by atoms with van der Waals surface area (Å²) in [5.41, 5.74) is 6.84. The fraction of sp³-hybridized carbons (Fsp3) is 0.304. The minimum Gasteiger partial charge on any atom is -0.103 e. The van der Waals surface area contributed by atoms with Gasteiger partial charge in [-0.1, -0.05) is 73.2 Å². The van der Waals surface area contributed by atoms with Gasteiger partial charge in [0.15, 0.2) is 0 Å². The Kier molecular flexibility index (Phi) is 6.40. The zero-order valence-electron chi connectivity index (χ0n) is 14.7. The van der Waals surface area contributed by atoms with Crippen molar-refractivity contribution >= 4 is 5.57 Å². The standard InChI is InChI=1S/C20H22.C3H6/c1-15-3-7-17(8-4-15)19-11-13-20(14-12-19)18-9-5-16(2)6-10-18;1-3-2/h3-4,7-9,11-14,16H,5-6,10H2,1-2H3;3H,1H2,2H3. The van der Waals surface area contributed by atoms with Gasteiger partial charge in [0.05, 0.1) is 0 Å². The van der Waals surface area contributed by atoms with E-state index in [4.69, 9.17) is 0 Å². The average molecular weight is 304 g/mol. The summed E-state index contributed by atoms with van der Waals surface area (Å²) in [4.78, 5) is 0. The van der Waals surface area contributed by atoms with E-state index < -0.39 is 0 Å². The van der Waals surface area contributed by atoms with Gasteiger partial charge in [-0.05, 0) is 61.3 Å². The third-order valence-electron chi connectivity index (χ3n) is 4.31. The van der Waals surface area contributed by atoms with E-state index in [0.29, 0.717) is 0 Å². The molecule has 0 fully saturated rings. The number of hydrogen-bond acceptors (Lipinski definition) is 0. The van der Waals surface area contributed by atoms with Crippen LogP contribution in [-0.2, 0) is 0 Å². The van der Waals surface area contributed by atoms with E-state index in [2.05, 4.69) is 75.0 Å². The number of benzene rings is 2. The second-order valence-corrected chi connectivity index (χ2v) is 6.46. The summed E-state index contributed by atoms with van der Waals surface area (Å²) in [6.45, 7) is 9.72. The molecular formula is C23H28. The highest BCUT2D eigenvalue weighted by Crippen LogP contribution is 2.31. The first-order chi connectivity index (χ1) is 11.1. The molecule has 0 heterocycles. The van der Waals surface area contributed by atoms with Gasteiger partial charge in [-0.3, -0.25) is 0 Å². The number of hydrogen-bond donors (Lipinski definition) is 0. The molecule has 0 nitrogen and oxygen atoms in total. The molecule has 1 aliphatic rings. The Hall–Kier alpha value is -2.08. The molecule has 0 amide bonds. The maximum atomic E-state index is 3.36. The fourth-order valence-electron chi connectivity index (χ4n) is 2.85. The maximum absolute atomic E-state index is 3.36. The van der Waals surface area contributed by atoms with E-state index in [1.807, 2.05) is 6.92 Å². The molecule has 0 N–H and O–H groups in total. The Morgan fingerprint density at radius 1 is 0.913 bits per heavy atom. The van der Waals surface area contributed by atoms with Crippen molar-refractivity contribution in [3.8, 4) is 11.1 Å². The van der Waals surface area contributed by atoms with E-state index in [1.54, 1.807) is 6.08 Å². The van der Waals surface area contributed by atoms with Gasteiger partial charge in [0.1, 0.15) is 0 Å². The normalized spacial score (nSPS) is 16.8. The summed E-state index contributed by atoms with van der Waals surface area (Å²) in [6.07, 6.45) is 7.96. The molecule has 0 aliphatic heterocycles. The summed E-state index contributed by atoms with van der Waals surface area (Å²) in [6, 6.07) is 17.8. The van der Waals surface area contributed by atoms with Gasteiger partial charge in [-0.15, -0.1) is 6.58 Å². The van der Waals surface area contributed by atoms with Gasteiger partial charge < -0.3 is 0 Å². The van der Waals surface area contributed by atoms with Crippen LogP contribution in [0.25, 0.3) is 16.7 Å². The third-order valence-corrected chi connectivity index (χ3v) is 4.31. The van der Waals surface area contributed by atoms with Crippen LogP contribution in [0.2, 0.25) is 0 Å². The van der Waals surface area contributed by atoms with E-state index in [-0.39, 0.29) is 0 Å². The molecule has 0 bridgehead atoms. The lowest BCUT2D eigenvalue weighted by molar-refractivity contribution is 0.534. The van der Waals surface area contributed by atoms with Crippen LogP contribution in [0.15, 0.2) is 67.3 Å². The Bertz CT molecular complexity index is 641. The molecule has 1 atom stereocenters. The van der Waals surface area contributed by atoms with Crippen molar-refractivity contribution in [2.24, 2.45) is 5.92 Å². The first-order valence-electron chi connectivity index (χ1n) is 8.57. The largest absolute Gasteiger partial charge is 0.103 e. The van der Waals surface area contributed by atoms with E-state index in [9.17, 15) is 0 Å². The van der Waals surface area contributed by atoms with Crippen molar-refractivity contribution in [3.05, 3.63) is 78.4 Å². The van der Waals surface area contributed by atoms with E-state index in [1.165, 1.54) is 47.1 Å². The van der Waals surface area contributed by atoms with E-state index >= 15 is 0 Å². The highest BCUT2D eigenvalue weighted by molar-refractivity contribution is 5.71. The van der Waals surface area contributed by atoms with Crippen LogP contribution in [0, 0.1) is 12.8 Å². The first-order valence-corrected chi connectivity index (χ1v) is 8.57. The summed E-state index contributed by atoms with van der Waals surface area (Å²) < 4.78 is 0. The van der Waals surface area contributed by atoms with Gasteiger partial charge in [-0.2, -0.15) is 0 Å². The average Bonchev–Trinajstić information content (AvgIpc) is 2.57. The smallest absolute Gasteiger partial charge is 0.0184 e. The van der Waals surface area contributed by atoms with Crippen LogP contribution in [-0.4, -0.2) is 0 Å². The molecule has 2 aromatic carbocycles. The van der Waals surface area contributed by atoms with Crippen molar-refractivity contribution < 1.29 is 0 Å². The third kappa shape index (κ3) is 4.96. The van der Waals surface area contributed by atoms with Crippen LogP contribution in [0.3, 0.4) is 0 Å². The molecule has 1 aliphatic carbocycles. The SMILES string of the molecule is C=CC.Cc1ccc(-c2ccc(C3=CCC(C)CC3)cc2)cc1. The molecule has 120 valence electrons. The Labute approximate surface area is 141 Å². The highest BCUT2D eigenvalue weighted by Gasteiger charge is 2.11. The van der Waals surface area contributed by atoms with Crippen molar-refractivity contribution in [1.29, 1.82) is 0 Å². The molecule has 0 saturated heterocycles. The van der Waals surface area contributed by atoms with Crippen LogP contribution in [0.1, 0.15) is 44.2 Å². The molecular weight excluding hydrogens is 276 g/mol. The van der Waals surface area contributed by atoms with Crippen LogP contribution < -0.4 is 0 Å². The molecule has 0 aromatic heterocycles. The van der Waals surface area contributed by atoms with Gasteiger partial charge >= 0.3 is 0 Å². The van der Waals surface area contributed by atoms with Crippen LogP contribution in [0.4, 0.5) is 0 Å². The van der Waals surface area contributed by atoms with Crippen LogP contribution in [0.5, 0.6) is 0 Å². The second kappa shape index (κ2) is 8.53. The zero-order chi connectivity index (χ0) is 16.7. The highest BCUT2D eigenvalue weighted by atomic mass is 14.2. The van der Waals surface area contributed by atoms with Crippen molar-refractivity contribution in [1.82, 2.24) is 0 Å². The Balaban J connectivity index is 0.000000595. The lowest BCUT2D eigenvalue weighted by Crippen LogP contribution is -2.00. The molecule has 0 heteroatoms. The summed E-state index contributed by atoms with van der Waals surface area (Å²) >= 11 is 0. The van der Waals surface area contributed by atoms with Gasteiger partial charge in [0.25, 0.3) is 0 Å². The number of aryl methyl sites for hydroxylation is 1. The molecule has 1 unspecified atom stereocenters. The topological polar surface area (TPSA) is 0 Å². The van der Waals surface area contributed by atoms with E-state index in [0.717, 1.165) is 5.92 Å². The second-order valence-electron chi connectivity index (χ2n) is 6.46. The Morgan fingerprint density at radius 3 is 1.87 bits per heavy atom. The maximum Gasteiger partial charge on any atom is -0.0184 e. The van der Waals surface area contributed by atoms with Crippen molar-refractivity contribution in [2.75, 3.05) is 0 Å². The molecule has 3 rings (SSSR count). The van der Waals surface area contributed by atoms with Gasteiger partial charge in [0, 0.05) is 0 Å². The quantitative estimate of drug-likeness (QED) is 0.521. The van der Waals surface area contributed by atoms with Gasteiger partial charge in [-0.25, -0.2) is 0 Å². The van der Waals surface area contributed by atoms with Gasteiger partial charge in [0.2, 0.25) is 0 Å².